The summed E-state index contributed by atoms with van der Waals surface area (Å²) in [7, 11) is 0. The minimum atomic E-state index is 0. The van der Waals surface area contributed by atoms with E-state index in [1.165, 1.54) is 25.9 Å². The van der Waals surface area contributed by atoms with Crippen LogP contribution in [-0.4, -0.2) is 13.1 Å². The molecule has 0 aromatic rings. The van der Waals surface area contributed by atoms with E-state index in [4.69, 9.17) is 0 Å². The van der Waals surface area contributed by atoms with Crippen molar-refractivity contribution in [3.05, 3.63) is 12.8 Å². The van der Waals surface area contributed by atoms with Gasteiger partial charge in [0.25, 0.3) is 0 Å². The maximum atomic E-state index is 3.71. The van der Waals surface area contributed by atoms with Gasteiger partial charge in [-0.2, -0.15) is 0 Å². The van der Waals surface area contributed by atoms with Crippen molar-refractivity contribution in [2.24, 2.45) is 0 Å². The Bertz CT molecular complexity index is 66.9. The van der Waals surface area contributed by atoms with Gasteiger partial charge in [0.1, 0.15) is 0 Å². The van der Waals surface area contributed by atoms with E-state index in [0.717, 1.165) is 0 Å². The number of hydrogen-bond acceptors (Lipinski definition) is 0. The number of halogens is 1. The zero-order chi connectivity index (χ0) is 5.11. The van der Waals surface area contributed by atoms with Crippen molar-refractivity contribution < 1.29 is 9.60 Å². The first-order valence-corrected chi connectivity index (χ1v) is 2.90. The summed E-state index contributed by atoms with van der Waals surface area (Å²) >= 11 is 0. The minimum Gasteiger partial charge on any atom is -1.00 e. The van der Waals surface area contributed by atoms with Crippen molar-refractivity contribution >= 4 is 0 Å². The molecule has 0 aliphatic carbocycles. The highest BCUT2D eigenvalue weighted by Gasteiger charge is 2.09. The molecule has 1 rings (SSSR count). The van der Waals surface area contributed by atoms with Crippen LogP contribution in [-0.2, 0) is 0 Å². The van der Waals surface area contributed by atoms with Crippen LogP contribution in [0.15, 0.2) is 12.8 Å². The summed E-state index contributed by atoms with van der Waals surface area (Å²) in [6.45, 7) is 6.32. The number of rotatable bonds is 1. The highest BCUT2D eigenvalue weighted by molar-refractivity contribution is 4.52. The van der Waals surface area contributed by atoms with Gasteiger partial charge in [0.05, 0.1) is 19.3 Å². The molecule has 0 unspecified atom stereocenters. The molecule has 0 atom stereocenters. The zero-order valence-corrected chi connectivity index (χ0v) is 4.99. The van der Waals surface area contributed by atoms with Crippen LogP contribution in [0.3, 0.4) is 0 Å². The Morgan fingerprint density at radius 1 is 1.25 bits per heavy atom. The first-order valence-electron chi connectivity index (χ1n) is 2.90. The van der Waals surface area contributed by atoms with E-state index in [9.17, 15) is 0 Å². The van der Waals surface area contributed by atoms with Crippen molar-refractivity contribution in [3.8, 4) is 0 Å². The number of likely N-dealkylation sites (tertiary alicyclic amines) is 1. The second-order valence-electron chi connectivity index (χ2n) is 2.07. The molecule has 2 heteroatoms. The molecule has 1 saturated heterocycles. The Balaban J connectivity index is 0.000000490. The summed E-state index contributed by atoms with van der Waals surface area (Å²) in [5, 5.41) is 0. The highest BCUT2D eigenvalue weighted by atomic mass is 19.0. The summed E-state index contributed by atoms with van der Waals surface area (Å²) in [5.74, 6) is 0. The molecule has 1 heterocycles. The monoisotopic (exact) mass is 117 g/mol. The van der Waals surface area contributed by atoms with Crippen molar-refractivity contribution in [2.75, 3.05) is 13.1 Å². The van der Waals surface area contributed by atoms with Gasteiger partial charge >= 0.3 is 0 Å². The van der Waals surface area contributed by atoms with Crippen molar-refractivity contribution in [3.63, 3.8) is 0 Å². The van der Waals surface area contributed by atoms with E-state index in [-0.39, 0.29) is 4.70 Å². The lowest BCUT2D eigenvalue weighted by Gasteiger charge is -2.00. The van der Waals surface area contributed by atoms with Crippen molar-refractivity contribution in [1.29, 1.82) is 0 Å². The highest BCUT2D eigenvalue weighted by Crippen LogP contribution is 1.86. The Morgan fingerprint density at radius 2 is 1.75 bits per heavy atom. The lowest BCUT2D eigenvalue weighted by Crippen LogP contribution is -3.05. The lowest BCUT2D eigenvalue weighted by atomic mass is 10.4. The van der Waals surface area contributed by atoms with Gasteiger partial charge in [0.2, 0.25) is 0 Å². The summed E-state index contributed by atoms with van der Waals surface area (Å²) in [5.41, 5.74) is 0. The third-order valence-corrected chi connectivity index (χ3v) is 1.53. The molecule has 48 valence electrons. The summed E-state index contributed by atoms with van der Waals surface area (Å²) in [6.07, 6.45) is 4.79. The van der Waals surface area contributed by atoms with E-state index in [1.807, 2.05) is 6.20 Å². The molecule has 0 amide bonds. The smallest absolute Gasteiger partial charge is 0.0869 e. The molecule has 0 saturated carbocycles. The molecule has 0 radical (unpaired) electrons. The summed E-state index contributed by atoms with van der Waals surface area (Å²) in [4.78, 5) is 1.56. The lowest BCUT2D eigenvalue weighted by molar-refractivity contribution is -0.832. The largest absolute Gasteiger partial charge is 1.00 e. The van der Waals surface area contributed by atoms with Crippen LogP contribution in [0.1, 0.15) is 12.8 Å². The molecule has 0 bridgehead atoms. The van der Waals surface area contributed by atoms with Gasteiger partial charge < -0.3 is 9.60 Å². The fourth-order valence-corrected chi connectivity index (χ4v) is 1.03. The fourth-order valence-electron chi connectivity index (χ4n) is 1.03. The Hall–Kier alpha value is -0.370. The van der Waals surface area contributed by atoms with E-state index in [2.05, 4.69) is 6.58 Å². The first kappa shape index (κ1) is 7.63. The molecule has 8 heavy (non-hydrogen) atoms. The molecular formula is C6H12FN. The predicted octanol–water partition coefficient (Wildman–Crippen LogP) is -3.19. The Labute approximate surface area is 49.4 Å². The average Bonchev–Trinajstić information content (AvgIpc) is 2.14. The van der Waals surface area contributed by atoms with Crippen molar-refractivity contribution in [2.45, 2.75) is 12.8 Å². The molecule has 0 aromatic carbocycles. The first-order chi connectivity index (χ1) is 3.43. The van der Waals surface area contributed by atoms with Crippen LogP contribution in [0.25, 0.3) is 0 Å². The van der Waals surface area contributed by atoms with Gasteiger partial charge in [-0.05, 0) is 6.58 Å². The van der Waals surface area contributed by atoms with Gasteiger partial charge in [-0.1, -0.05) is 0 Å². The van der Waals surface area contributed by atoms with Crippen LogP contribution in [0.2, 0.25) is 0 Å². The van der Waals surface area contributed by atoms with E-state index >= 15 is 0 Å². The van der Waals surface area contributed by atoms with E-state index < -0.39 is 0 Å². The number of quaternary nitrogens is 1. The van der Waals surface area contributed by atoms with Gasteiger partial charge in [0.15, 0.2) is 0 Å². The standard InChI is InChI=1S/C6H11N.FH/c1-2-7-5-3-4-6-7;/h2H,1,3-6H2;1H. The van der Waals surface area contributed by atoms with Crippen LogP contribution in [0, 0.1) is 0 Å². The van der Waals surface area contributed by atoms with Crippen molar-refractivity contribution in [1.82, 2.24) is 0 Å². The third kappa shape index (κ3) is 1.62. The second-order valence-corrected chi connectivity index (χ2v) is 2.07. The normalized spacial score (nSPS) is 20.0. The third-order valence-electron chi connectivity index (χ3n) is 1.53. The zero-order valence-electron chi connectivity index (χ0n) is 4.99. The predicted molar refractivity (Wildman–Crippen MR) is 30.1 cm³/mol. The Morgan fingerprint density at radius 3 is 2.00 bits per heavy atom. The minimum absolute atomic E-state index is 0. The Kier molecular flexibility index (Phi) is 3.44. The maximum Gasteiger partial charge on any atom is 0.0869 e. The van der Waals surface area contributed by atoms with Crippen LogP contribution in [0.4, 0.5) is 0 Å². The average molecular weight is 117 g/mol. The van der Waals surface area contributed by atoms with Crippen LogP contribution in [0.5, 0.6) is 0 Å². The molecule has 1 aliphatic rings. The van der Waals surface area contributed by atoms with Crippen LogP contribution < -0.4 is 9.60 Å². The molecule has 1 nitrogen and oxygen atoms in total. The molecule has 0 aromatic heterocycles. The molecular weight excluding hydrogens is 105 g/mol. The second kappa shape index (κ2) is 3.61. The van der Waals surface area contributed by atoms with E-state index in [1.54, 1.807) is 4.90 Å². The molecule has 1 fully saturated rings. The van der Waals surface area contributed by atoms with Gasteiger partial charge in [0, 0.05) is 12.8 Å². The summed E-state index contributed by atoms with van der Waals surface area (Å²) in [6, 6.07) is 0. The maximum absolute atomic E-state index is 3.71. The fraction of sp³-hybridized carbons (Fsp3) is 0.667. The molecule has 1 aliphatic heterocycles. The summed E-state index contributed by atoms with van der Waals surface area (Å²) < 4.78 is 0. The number of hydrogen-bond donors (Lipinski definition) is 1. The molecule has 0 spiro atoms. The number of nitrogens with one attached hydrogen (secondary N) is 1. The van der Waals surface area contributed by atoms with Gasteiger partial charge in [-0.15, -0.1) is 0 Å². The van der Waals surface area contributed by atoms with Gasteiger partial charge in [-0.3, -0.25) is 0 Å². The SMILES string of the molecule is C=C[NH+]1CCCC1.[F-]. The van der Waals surface area contributed by atoms with Crippen LogP contribution >= 0.6 is 0 Å². The van der Waals surface area contributed by atoms with E-state index in [0.29, 0.717) is 0 Å². The molecule has 1 N–H and O–H groups in total. The quantitative estimate of drug-likeness (QED) is 0.369. The van der Waals surface area contributed by atoms with Gasteiger partial charge in [-0.25, -0.2) is 0 Å². The topological polar surface area (TPSA) is 4.44 Å².